The van der Waals surface area contributed by atoms with E-state index >= 15 is 0 Å². The predicted molar refractivity (Wildman–Crippen MR) is 90.8 cm³/mol. The van der Waals surface area contributed by atoms with Gasteiger partial charge in [-0.25, -0.2) is 0 Å². The van der Waals surface area contributed by atoms with Crippen molar-refractivity contribution in [1.82, 2.24) is 20.4 Å². The third kappa shape index (κ3) is 2.64. The number of hydrogen-bond acceptors (Lipinski definition) is 4. The van der Waals surface area contributed by atoms with E-state index in [0.717, 1.165) is 62.4 Å². The van der Waals surface area contributed by atoms with Crippen LogP contribution in [0.5, 0.6) is 5.75 Å². The van der Waals surface area contributed by atoms with Gasteiger partial charge in [-0.05, 0) is 38.1 Å². The first-order valence-corrected chi connectivity index (χ1v) is 8.53. The second-order valence-electron chi connectivity index (χ2n) is 6.33. The monoisotopic (exact) mass is 312 g/mol. The SMILES string of the molecule is COc1ccccc1-c1nn(C2CCNCC2)c2c1CNCC2. The molecular weight excluding hydrogens is 288 g/mol. The lowest BCUT2D eigenvalue weighted by Crippen LogP contribution is -2.32. The summed E-state index contributed by atoms with van der Waals surface area (Å²) in [6, 6.07) is 8.72. The summed E-state index contributed by atoms with van der Waals surface area (Å²) in [6.45, 7) is 4.10. The number of benzene rings is 1. The first-order valence-electron chi connectivity index (χ1n) is 8.53. The minimum absolute atomic E-state index is 0.520. The number of ether oxygens (including phenoxy) is 1. The summed E-state index contributed by atoms with van der Waals surface area (Å²) in [7, 11) is 1.73. The van der Waals surface area contributed by atoms with Crippen LogP contribution in [0.4, 0.5) is 0 Å². The molecule has 2 aliphatic rings. The minimum atomic E-state index is 0.520. The van der Waals surface area contributed by atoms with Gasteiger partial charge in [0.1, 0.15) is 11.4 Å². The lowest BCUT2D eigenvalue weighted by atomic mass is 10.0. The van der Waals surface area contributed by atoms with Crippen molar-refractivity contribution >= 4 is 0 Å². The fraction of sp³-hybridized carbons (Fsp3) is 0.500. The third-order valence-corrected chi connectivity index (χ3v) is 4.98. The second kappa shape index (κ2) is 6.34. The van der Waals surface area contributed by atoms with Crippen LogP contribution in [0.15, 0.2) is 24.3 Å². The third-order valence-electron chi connectivity index (χ3n) is 4.98. The average molecular weight is 312 g/mol. The zero-order chi connectivity index (χ0) is 15.6. The quantitative estimate of drug-likeness (QED) is 0.911. The van der Waals surface area contributed by atoms with Gasteiger partial charge in [0.2, 0.25) is 0 Å². The van der Waals surface area contributed by atoms with Crippen molar-refractivity contribution in [2.24, 2.45) is 0 Å². The zero-order valence-corrected chi connectivity index (χ0v) is 13.6. The number of nitrogens with one attached hydrogen (secondary N) is 2. The molecule has 2 aliphatic heterocycles. The summed E-state index contributed by atoms with van der Waals surface area (Å²) in [5.41, 5.74) is 4.95. The molecule has 0 bridgehead atoms. The highest BCUT2D eigenvalue weighted by molar-refractivity contribution is 5.71. The van der Waals surface area contributed by atoms with Crippen molar-refractivity contribution in [2.45, 2.75) is 31.8 Å². The summed E-state index contributed by atoms with van der Waals surface area (Å²) >= 11 is 0. The van der Waals surface area contributed by atoms with E-state index in [1.165, 1.54) is 11.3 Å². The molecule has 4 rings (SSSR count). The van der Waals surface area contributed by atoms with Crippen LogP contribution in [0.2, 0.25) is 0 Å². The van der Waals surface area contributed by atoms with Gasteiger partial charge in [0.15, 0.2) is 0 Å². The molecule has 1 aromatic heterocycles. The van der Waals surface area contributed by atoms with Crippen LogP contribution in [-0.4, -0.2) is 36.5 Å². The van der Waals surface area contributed by atoms with Gasteiger partial charge < -0.3 is 15.4 Å². The number of fused-ring (bicyclic) bond motifs is 1. The highest BCUT2D eigenvalue weighted by Crippen LogP contribution is 2.35. The molecule has 0 unspecified atom stereocenters. The number of aromatic nitrogens is 2. The van der Waals surface area contributed by atoms with Gasteiger partial charge in [-0.2, -0.15) is 5.10 Å². The van der Waals surface area contributed by atoms with Crippen LogP contribution in [0, 0.1) is 0 Å². The molecule has 1 aromatic carbocycles. The minimum Gasteiger partial charge on any atom is -0.496 e. The molecule has 1 fully saturated rings. The summed E-state index contributed by atoms with van der Waals surface area (Å²) in [4.78, 5) is 0. The van der Waals surface area contributed by atoms with E-state index in [-0.39, 0.29) is 0 Å². The van der Waals surface area contributed by atoms with Crippen molar-refractivity contribution < 1.29 is 4.74 Å². The molecule has 5 heteroatoms. The highest BCUT2D eigenvalue weighted by Gasteiger charge is 2.27. The van der Waals surface area contributed by atoms with Gasteiger partial charge in [-0.15, -0.1) is 0 Å². The smallest absolute Gasteiger partial charge is 0.128 e. The molecule has 0 amide bonds. The highest BCUT2D eigenvalue weighted by atomic mass is 16.5. The van der Waals surface area contributed by atoms with Crippen LogP contribution in [0.3, 0.4) is 0 Å². The Bertz CT molecular complexity index is 688. The van der Waals surface area contributed by atoms with E-state index in [0.29, 0.717) is 6.04 Å². The molecule has 0 spiro atoms. The summed E-state index contributed by atoms with van der Waals surface area (Å²) in [6.07, 6.45) is 3.38. The Morgan fingerprint density at radius 1 is 1.13 bits per heavy atom. The van der Waals surface area contributed by atoms with E-state index in [9.17, 15) is 0 Å². The number of rotatable bonds is 3. The maximum absolute atomic E-state index is 5.57. The largest absolute Gasteiger partial charge is 0.496 e. The second-order valence-corrected chi connectivity index (χ2v) is 6.33. The maximum Gasteiger partial charge on any atom is 0.128 e. The predicted octanol–water partition coefficient (Wildman–Crippen LogP) is 2.13. The lowest BCUT2D eigenvalue weighted by molar-refractivity contribution is 0.333. The summed E-state index contributed by atoms with van der Waals surface area (Å²) in [5, 5.41) is 12.0. The number of para-hydroxylation sites is 1. The van der Waals surface area contributed by atoms with E-state index in [1.54, 1.807) is 7.11 Å². The number of hydrogen-bond donors (Lipinski definition) is 2. The topological polar surface area (TPSA) is 51.1 Å². The molecule has 0 saturated carbocycles. The summed E-state index contributed by atoms with van der Waals surface area (Å²) in [5.74, 6) is 0.899. The molecule has 0 atom stereocenters. The van der Waals surface area contributed by atoms with Gasteiger partial charge in [-0.3, -0.25) is 4.68 Å². The lowest BCUT2D eigenvalue weighted by Gasteiger charge is -2.26. The Morgan fingerprint density at radius 2 is 1.96 bits per heavy atom. The molecule has 122 valence electrons. The van der Waals surface area contributed by atoms with E-state index in [1.807, 2.05) is 12.1 Å². The van der Waals surface area contributed by atoms with E-state index in [4.69, 9.17) is 9.84 Å². The van der Waals surface area contributed by atoms with Crippen molar-refractivity contribution in [3.8, 4) is 17.0 Å². The molecule has 1 saturated heterocycles. The molecule has 2 N–H and O–H groups in total. The molecule has 5 nitrogen and oxygen atoms in total. The number of piperidine rings is 1. The van der Waals surface area contributed by atoms with Gasteiger partial charge in [0.05, 0.1) is 13.2 Å². The van der Waals surface area contributed by atoms with Crippen LogP contribution in [0.25, 0.3) is 11.3 Å². The summed E-state index contributed by atoms with van der Waals surface area (Å²) < 4.78 is 7.88. The van der Waals surface area contributed by atoms with Crippen molar-refractivity contribution in [1.29, 1.82) is 0 Å². The fourth-order valence-electron chi connectivity index (χ4n) is 3.78. The molecular formula is C18H24N4O. The standard InChI is InChI=1S/C18H24N4O/c1-23-17-5-3-2-4-14(17)18-15-12-20-11-8-16(15)22(21-18)13-6-9-19-10-7-13/h2-5,13,19-20H,6-12H2,1H3. The van der Waals surface area contributed by atoms with Gasteiger partial charge in [0.25, 0.3) is 0 Å². The van der Waals surface area contributed by atoms with E-state index in [2.05, 4.69) is 27.4 Å². The van der Waals surface area contributed by atoms with Crippen LogP contribution >= 0.6 is 0 Å². The molecule has 0 radical (unpaired) electrons. The van der Waals surface area contributed by atoms with Gasteiger partial charge in [0, 0.05) is 36.3 Å². The van der Waals surface area contributed by atoms with Crippen LogP contribution in [0.1, 0.15) is 30.1 Å². The van der Waals surface area contributed by atoms with Crippen LogP contribution in [-0.2, 0) is 13.0 Å². The Kier molecular flexibility index (Phi) is 4.06. The van der Waals surface area contributed by atoms with Crippen molar-refractivity contribution in [3.05, 3.63) is 35.5 Å². The normalized spacial score (nSPS) is 18.7. The average Bonchev–Trinajstić information content (AvgIpc) is 3.02. The van der Waals surface area contributed by atoms with Crippen LogP contribution < -0.4 is 15.4 Å². The van der Waals surface area contributed by atoms with Gasteiger partial charge in [-0.1, -0.05) is 12.1 Å². The van der Waals surface area contributed by atoms with E-state index < -0.39 is 0 Å². The number of methoxy groups -OCH3 is 1. The number of nitrogens with zero attached hydrogens (tertiary/aromatic N) is 2. The van der Waals surface area contributed by atoms with Gasteiger partial charge >= 0.3 is 0 Å². The fourth-order valence-corrected chi connectivity index (χ4v) is 3.78. The molecule has 0 aliphatic carbocycles. The zero-order valence-electron chi connectivity index (χ0n) is 13.6. The van der Waals surface area contributed by atoms with Crippen molar-refractivity contribution in [3.63, 3.8) is 0 Å². The first-order chi connectivity index (χ1) is 11.4. The Balaban J connectivity index is 1.82. The Labute approximate surface area is 137 Å². The van der Waals surface area contributed by atoms with Crippen molar-refractivity contribution in [2.75, 3.05) is 26.7 Å². The molecule has 3 heterocycles. The Morgan fingerprint density at radius 3 is 2.78 bits per heavy atom. The molecule has 2 aromatic rings. The Hall–Kier alpha value is -1.85. The maximum atomic E-state index is 5.57. The molecule has 23 heavy (non-hydrogen) atoms. The first kappa shape index (κ1) is 14.7.